The standard InChI is InChI=1S/C13H14N6O3S/c1-2-19(13(20)21)12-16-8-9(15-6-7-4-3-5-23-7)17-11(14)18-10(8)22-12/h3-5H,2,6H2,1H3,(H,20,21)(H3,14,15,17,18). The first kappa shape index (κ1) is 15.0. The molecule has 0 atom stereocenters. The average Bonchev–Trinajstić information content (AvgIpc) is 3.14. The Kier molecular flexibility index (Phi) is 3.98. The highest BCUT2D eigenvalue weighted by atomic mass is 32.1. The molecular formula is C13H14N6O3S. The van der Waals surface area contributed by atoms with E-state index in [2.05, 4.69) is 20.3 Å². The molecule has 10 heteroatoms. The maximum atomic E-state index is 11.2. The fraction of sp³-hybridized carbons (Fsp3) is 0.231. The second-order valence-electron chi connectivity index (χ2n) is 4.54. The zero-order chi connectivity index (χ0) is 16.4. The number of oxazole rings is 1. The number of nitrogen functional groups attached to an aromatic ring is 1. The minimum absolute atomic E-state index is 0.0206. The van der Waals surface area contributed by atoms with Crippen molar-refractivity contribution in [2.75, 3.05) is 22.5 Å². The van der Waals surface area contributed by atoms with Crippen LogP contribution in [0, 0.1) is 0 Å². The number of nitrogens with one attached hydrogen (secondary N) is 1. The van der Waals surface area contributed by atoms with Gasteiger partial charge in [0.05, 0.1) is 6.54 Å². The lowest BCUT2D eigenvalue weighted by molar-refractivity contribution is 0.200. The van der Waals surface area contributed by atoms with Gasteiger partial charge < -0.3 is 20.6 Å². The molecule has 4 N–H and O–H groups in total. The van der Waals surface area contributed by atoms with Gasteiger partial charge in [-0.05, 0) is 18.4 Å². The summed E-state index contributed by atoms with van der Waals surface area (Å²) in [5, 5.41) is 14.2. The Hall–Kier alpha value is -2.88. The van der Waals surface area contributed by atoms with E-state index in [0.29, 0.717) is 17.9 Å². The van der Waals surface area contributed by atoms with Gasteiger partial charge in [0, 0.05) is 11.4 Å². The molecule has 3 rings (SSSR count). The van der Waals surface area contributed by atoms with Crippen molar-refractivity contribution in [3.8, 4) is 0 Å². The van der Waals surface area contributed by atoms with Crippen LogP contribution in [0.4, 0.5) is 22.6 Å². The van der Waals surface area contributed by atoms with Gasteiger partial charge in [-0.1, -0.05) is 6.07 Å². The number of hydrogen-bond acceptors (Lipinski definition) is 8. The van der Waals surface area contributed by atoms with Crippen LogP contribution in [0.15, 0.2) is 21.9 Å². The van der Waals surface area contributed by atoms with Crippen molar-refractivity contribution < 1.29 is 14.3 Å². The molecule has 120 valence electrons. The summed E-state index contributed by atoms with van der Waals surface area (Å²) >= 11 is 1.60. The van der Waals surface area contributed by atoms with Crippen LogP contribution in [-0.4, -0.2) is 32.7 Å². The number of aromatic nitrogens is 3. The number of anilines is 3. The zero-order valence-corrected chi connectivity index (χ0v) is 13.0. The van der Waals surface area contributed by atoms with Crippen molar-refractivity contribution in [1.82, 2.24) is 15.0 Å². The molecule has 0 bridgehead atoms. The third-order valence-electron chi connectivity index (χ3n) is 3.05. The smallest absolute Gasteiger partial charge is 0.415 e. The van der Waals surface area contributed by atoms with Crippen LogP contribution in [0.5, 0.6) is 0 Å². The van der Waals surface area contributed by atoms with Crippen LogP contribution in [0.3, 0.4) is 0 Å². The molecule has 3 aromatic rings. The van der Waals surface area contributed by atoms with Gasteiger partial charge in [0.25, 0.3) is 5.71 Å². The van der Waals surface area contributed by atoms with Gasteiger partial charge in [0.15, 0.2) is 11.3 Å². The van der Waals surface area contributed by atoms with E-state index in [1.54, 1.807) is 18.3 Å². The third kappa shape index (κ3) is 3.01. The number of hydrogen-bond donors (Lipinski definition) is 3. The van der Waals surface area contributed by atoms with E-state index >= 15 is 0 Å². The highest BCUT2D eigenvalue weighted by molar-refractivity contribution is 7.09. The molecule has 9 nitrogen and oxygen atoms in total. The van der Waals surface area contributed by atoms with Crippen molar-refractivity contribution in [2.24, 2.45) is 0 Å². The van der Waals surface area contributed by atoms with Crippen molar-refractivity contribution in [3.63, 3.8) is 0 Å². The van der Waals surface area contributed by atoms with E-state index in [4.69, 9.17) is 15.3 Å². The molecule has 0 saturated heterocycles. The van der Waals surface area contributed by atoms with Crippen LogP contribution >= 0.6 is 11.3 Å². The van der Waals surface area contributed by atoms with Crippen molar-refractivity contribution in [1.29, 1.82) is 0 Å². The van der Waals surface area contributed by atoms with Crippen LogP contribution in [-0.2, 0) is 6.54 Å². The SMILES string of the molecule is CCN(C(=O)O)c1nc2c(NCc3cccs3)nc(N)nc2o1. The van der Waals surface area contributed by atoms with E-state index in [-0.39, 0.29) is 24.2 Å². The van der Waals surface area contributed by atoms with Crippen LogP contribution in [0.25, 0.3) is 11.2 Å². The Morgan fingerprint density at radius 2 is 2.30 bits per heavy atom. The molecule has 0 radical (unpaired) electrons. The van der Waals surface area contributed by atoms with Gasteiger partial charge in [-0.2, -0.15) is 15.0 Å². The van der Waals surface area contributed by atoms with Crippen molar-refractivity contribution in [2.45, 2.75) is 13.5 Å². The highest BCUT2D eigenvalue weighted by Crippen LogP contribution is 2.26. The van der Waals surface area contributed by atoms with Crippen molar-refractivity contribution in [3.05, 3.63) is 22.4 Å². The quantitative estimate of drug-likeness (QED) is 0.648. The Morgan fingerprint density at radius 1 is 1.48 bits per heavy atom. The fourth-order valence-electron chi connectivity index (χ4n) is 2.00. The molecule has 0 aliphatic heterocycles. The van der Waals surface area contributed by atoms with E-state index in [0.717, 1.165) is 9.78 Å². The molecule has 0 fully saturated rings. The lowest BCUT2D eigenvalue weighted by Crippen LogP contribution is -2.28. The Labute approximate surface area is 134 Å². The lowest BCUT2D eigenvalue weighted by Gasteiger charge is -2.10. The minimum Gasteiger partial charge on any atom is -0.465 e. The number of nitrogens with two attached hydrogens (primary N) is 1. The summed E-state index contributed by atoms with van der Waals surface area (Å²) in [6.45, 7) is 2.42. The topological polar surface area (TPSA) is 130 Å². The molecule has 3 aromatic heterocycles. The van der Waals surface area contributed by atoms with E-state index in [9.17, 15) is 4.79 Å². The summed E-state index contributed by atoms with van der Waals surface area (Å²) < 4.78 is 5.41. The molecule has 1 amide bonds. The number of amides is 1. The molecule has 0 aliphatic rings. The Morgan fingerprint density at radius 3 is 2.96 bits per heavy atom. The Balaban J connectivity index is 1.97. The number of thiophene rings is 1. The summed E-state index contributed by atoms with van der Waals surface area (Å²) in [4.78, 5) is 25.5. The molecular weight excluding hydrogens is 320 g/mol. The van der Waals surface area contributed by atoms with Gasteiger partial charge in [-0.15, -0.1) is 11.3 Å². The largest absolute Gasteiger partial charge is 0.465 e. The monoisotopic (exact) mass is 334 g/mol. The highest BCUT2D eigenvalue weighted by Gasteiger charge is 2.21. The van der Waals surface area contributed by atoms with Gasteiger partial charge in [-0.3, -0.25) is 0 Å². The molecule has 3 heterocycles. The number of carbonyl (C=O) groups is 1. The molecule has 23 heavy (non-hydrogen) atoms. The maximum absolute atomic E-state index is 11.2. The van der Waals surface area contributed by atoms with Gasteiger partial charge in [0.2, 0.25) is 5.95 Å². The van der Waals surface area contributed by atoms with Crippen LogP contribution in [0.1, 0.15) is 11.8 Å². The van der Waals surface area contributed by atoms with Gasteiger partial charge >= 0.3 is 12.1 Å². The first-order valence-electron chi connectivity index (χ1n) is 6.79. The minimum atomic E-state index is -1.16. The predicted molar refractivity (Wildman–Crippen MR) is 86.7 cm³/mol. The third-order valence-corrected chi connectivity index (χ3v) is 3.93. The lowest BCUT2D eigenvalue weighted by atomic mass is 10.4. The fourth-order valence-corrected chi connectivity index (χ4v) is 2.65. The molecule has 0 saturated carbocycles. The molecule has 0 spiro atoms. The summed E-state index contributed by atoms with van der Waals surface area (Å²) in [6, 6.07) is 3.87. The molecule has 0 aromatic carbocycles. The molecule has 0 aliphatic carbocycles. The predicted octanol–water partition coefficient (Wildman–Crippen LogP) is 2.38. The summed E-state index contributed by atoms with van der Waals surface area (Å²) in [7, 11) is 0. The van der Waals surface area contributed by atoms with Crippen LogP contribution < -0.4 is 16.0 Å². The average molecular weight is 334 g/mol. The first-order valence-corrected chi connectivity index (χ1v) is 7.67. The number of carboxylic acid groups (broad SMARTS) is 1. The normalized spacial score (nSPS) is 10.8. The maximum Gasteiger partial charge on any atom is 0.415 e. The summed E-state index contributed by atoms with van der Waals surface area (Å²) in [5.74, 6) is 0.421. The van der Waals surface area contributed by atoms with Crippen LogP contribution in [0.2, 0.25) is 0 Å². The summed E-state index contributed by atoms with van der Waals surface area (Å²) in [5.41, 5.74) is 6.15. The van der Waals surface area contributed by atoms with E-state index in [1.165, 1.54) is 0 Å². The molecule has 0 unspecified atom stereocenters. The van der Waals surface area contributed by atoms with E-state index in [1.807, 2.05) is 17.5 Å². The van der Waals surface area contributed by atoms with Crippen molar-refractivity contribution >= 4 is 46.4 Å². The Bertz CT molecular complexity index is 832. The number of rotatable bonds is 5. The van der Waals surface area contributed by atoms with E-state index < -0.39 is 6.09 Å². The number of nitrogens with zero attached hydrogens (tertiary/aromatic N) is 4. The zero-order valence-electron chi connectivity index (χ0n) is 12.2. The summed E-state index contributed by atoms with van der Waals surface area (Å²) in [6.07, 6.45) is -1.16. The number of fused-ring (bicyclic) bond motifs is 1. The second kappa shape index (κ2) is 6.08. The second-order valence-corrected chi connectivity index (χ2v) is 5.57. The first-order chi connectivity index (χ1) is 11.1. The van der Waals surface area contributed by atoms with Gasteiger partial charge in [-0.25, -0.2) is 9.69 Å². The van der Waals surface area contributed by atoms with Gasteiger partial charge in [0.1, 0.15) is 0 Å².